The van der Waals surface area contributed by atoms with Crippen LogP contribution in [-0.2, 0) is 0 Å². The van der Waals surface area contributed by atoms with Gasteiger partial charge in [0.25, 0.3) is 0 Å². The zero-order chi connectivity index (χ0) is 12.4. The minimum absolute atomic E-state index is 0.326. The summed E-state index contributed by atoms with van der Waals surface area (Å²) in [7, 11) is 0. The topological polar surface area (TPSA) is 56.0 Å². The molecular weight excluding hydrogens is 236 g/mol. The lowest BCUT2D eigenvalue weighted by molar-refractivity contribution is 0.100. The summed E-state index contributed by atoms with van der Waals surface area (Å²) in [5.41, 5.74) is 8.33. The van der Waals surface area contributed by atoms with E-state index in [4.69, 9.17) is 17.3 Å². The number of primary amides is 1. The van der Waals surface area contributed by atoms with Gasteiger partial charge < -0.3 is 5.73 Å². The summed E-state index contributed by atoms with van der Waals surface area (Å²) < 4.78 is 0. The molecule has 3 nitrogen and oxygen atoms in total. The maximum atomic E-state index is 11.2. The molecule has 1 aromatic heterocycles. The number of hydrogen-bond donors (Lipinski definition) is 1. The van der Waals surface area contributed by atoms with E-state index in [-0.39, 0.29) is 0 Å². The van der Waals surface area contributed by atoms with Gasteiger partial charge in [0.1, 0.15) is 0 Å². The van der Waals surface area contributed by atoms with Crippen LogP contribution in [0.25, 0.3) is 11.1 Å². The van der Waals surface area contributed by atoms with Crippen molar-refractivity contribution in [3.05, 3.63) is 52.8 Å². The lowest BCUT2D eigenvalue weighted by atomic mass is 10.0. The second kappa shape index (κ2) is 4.55. The highest BCUT2D eigenvalue weighted by atomic mass is 35.5. The molecule has 0 atom stereocenters. The zero-order valence-corrected chi connectivity index (χ0v) is 10.0. The maximum absolute atomic E-state index is 11.2. The van der Waals surface area contributed by atoms with E-state index in [0.29, 0.717) is 10.6 Å². The summed E-state index contributed by atoms with van der Waals surface area (Å²) in [5.74, 6) is -0.529. The normalized spacial score (nSPS) is 10.2. The summed E-state index contributed by atoms with van der Waals surface area (Å²) in [4.78, 5) is 15.4. The molecule has 4 heteroatoms. The Morgan fingerprint density at radius 2 is 2.12 bits per heavy atom. The molecule has 0 fully saturated rings. The molecule has 0 aliphatic rings. The van der Waals surface area contributed by atoms with E-state index in [9.17, 15) is 4.79 Å². The molecule has 0 aliphatic heterocycles. The average molecular weight is 247 g/mol. The lowest BCUT2D eigenvalue weighted by Crippen LogP contribution is -2.11. The van der Waals surface area contributed by atoms with E-state index in [1.807, 2.05) is 25.1 Å². The fourth-order valence-electron chi connectivity index (χ4n) is 1.67. The number of aromatic nitrogens is 1. The van der Waals surface area contributed by atoms with Gasteiger partial charge in [0.2, 0.25) is 5.91 Å². The van der Waals surface area contributed by atoms with Crippen LogP contribution in [0.4, 0.5) is 0 Å². The van der Waals surface area contributed by atoms with Crippen LogP contribution < -0.4 is 5.73 Å². The monoisotopic (exact) mass is 246 g/mol. The van der Waals surface area contributed by atoms with Crippen molar-refractivity contribution < 1.29 is 4.79 Å². The molecule has 1 aromatic carbocycles. The van der Waals surface area contributed by atoms with Crippen LogP contribution in [0.1, 0.15) is 16.1 Å². The summed E-state index contributed by atoms with van der Waals surface area (Å²) in [5, 5.41) is 0.364. The largest absolute Gasteiger partial charge is 0.366 e. The van der Waals surface area contributed by atoms with Gasteiger partial charge in [-0.15, -0.1) is 0 Å². The van der Waals surface area contributed by atoms with Crippen LogP contribution in [-0.4, -0.2) is 10.9 Å². The molecule has 2 aromatic rings. The number of hydrogen-bond acceptors (Lipinski definition) is 2. The first kappa shape index (κ1) is 11.6. The van der Waals surface area contributed by atoms with Crippen LogP contribution in [0.15, 0.2) is 36.5 Å². The Morgan fingerprint density at radius 3 is 2.76 bits per heavy atom. The van der Waals surface area contributed by atoms with Gasteiger partial charge >= 0.3 is 0 Å². The number of carbonyl (C=O) groups is 1. The molecule has 2 N–H and O–H groups in total. The fraction of sp³-hybridized carbons (Fsp3) is 0.0769. The van der Waals surface area contributed by atoms with Crippen LogP contribution in [0, 0.1) is 6.92 Å². The average Bonchev–Trinajstić information content (AvgIpc) is 2.30. The third kappa shape index (κ3) is 2.29. The van der Waals surface area contributed by atoms with Crippen LogP contribution in [0.2, 0.25) is 5.02 Å². The number of pyridine rings is 1. The Hall–Kier alpha value is -1.87. The Balaban J connectivity index is 2.58. The molecule has 86 valence electrons. The lowest BCUT2D eigenvalue weighted by Gasteiger charge is -2.07. The summed E-state index contributed by atoms with van der Waals surface area (Å²) in [6, 6.07) is 8.99. The molecule has 1 heterocycles. The number of aryl methyl sites for hydroxylation is 1. The molecule has 2 rings (SSSR count). The smallest absolute Gasteiger partial charge is 0.250 e. The Bertz CT molecular complexity index is 581. The first-order chi connectivity index (χ1) is 8.09. The van der Waals surface area contributed by atoms with Gasteiger partial charge in [0.15, 0.2) is 0 Å². The zero-order valence-electron chi connectivity index (χ0n) is 9.27. The van der Waals surface area contributed by atoms with Crippen molar-refractivity contribution in [2.24, 2.45) is 5.73 Å². The number of carbonyl (C=O) groups excluding carboxylic acids is 1. The highest BCUT2D eigenvalue weighted by molar-refractivity contribution is 6.33. The minimum Gasteiger partial charge on any atom is -0.366 e. The number of halogens is 1. The molecule has 1 amide bonds. The Morgan fingerprint density at radius 1 is 1.35 bits per heavy atom. The summed E-state index contributed by atoms with van der Waals surface area (Å²) in [6.45, 7) is 1.91. The van der Waals surface area contributed by atoms with Gasteiger partial charge in [0, 0.05) is 17.5 Å². The van der Waals surface area contributed by atoms with Gasteiger partial charge in [-0.05, 0) is 30.7 Å². The predicted molar refractivity (Wildman–Crippen MR) is 67.9 cm³/mol. The maximum Gasteiger partial charge on any atom is 0.250 e. The van der Waals surface area contributed by atoms with E-state index in [1.165, 1.54) is 0 Å². The van der Waals surface area contributed by atoms with Gasteiger partial charge in [-0.1, -0.05) is 23.7 Å². The Labute approximate surface area is 104 Å². The fourth-order valence-corrected chi connectivity index (χ4v) is 1.88. The van der Waals surface area contributed by atoms with E-state index in [0.717, 1.165) is 16.8 Å². The van der Waals surface area contributed by atoms with Crippen molar-refractivity contribution in [2.75, 3.05) is 0 Å². The highest BCUT2D eigenvalue weighted by Crippen LogP contribution is 2.26. The first-order valence-electron chi connectivity index (χ1n) is 5.11. The molecular formula is C13H11ClN2O. The van der Waals surface area contributed by atoms with Gasteiger partial charge in [0.05, 0.1) is 10.6 Å². The van der Waals surface area contributed by atoms with E-state index in [1.54, 1.807) is 18.3 Å². The second-order valence-electron chi connectivity index (χ2n) is 3.70. The van der Waals surface area contributed by atoms with Crippen molar-refractivity contribution in [3.63, 3.8) is 0 Å². The third-order valence-electron chi connectivity index (χ3n) is 2.55. The van der Waals surface area contributed by atoms with E-state index >= 15 is 0 Å². The first-order valence-corrected chi connectivity index (χ1v) is 5.48. The molecule has 0 spiro atoms. The number of amides is 1. The SMILES string of the molecule is Cc1ncccc1-c1ccc(Cl)c(C(N)=O)c1. The van der Waals surface area contributed by atoms with Crippen molar-refractivity contribution in [3.8, 4) is 11.1 Å². The summed E-state index contributed by atoms with van der Waals surface area (Å²) >= 11 is 5.90. The Kier molecular flexibility index (Phi) is 3.11. The molecule has 0 saturated carbocycles. The number of benzene rings is 1. The molecule has 0 aliphatic carbocycles. The molecule has 17 heavy (non-hydrogen) atoms. The van der Waals surface area contributed by atoms with E-state index < -0.39 is 5.91 Å². The molecule has 0 saturated heterocycles. The van der Waals surface area contributed by atoms with Crippen molar-refractivity contribution in [1.29, 1.82) is 0 Å². The van der Waals surface area contributed by atoms with Crippen molar-refractivity contribution in [1.82, 2.24) is 4.98 Å². The van der Waals surface area contributed by atoms with Crippen molar-refractivity contribution >= 4 is 17.5 Å². The minimum atomic E-state index is -0.529. The second-order valence-corrected chi connectivity index (χ2v) is 4.10. The standard InChI is InChI=1S/C13H11ClN2O/c1-8-10(3-2-6-16-8)9-4-5-12(14)11(7-9)13(15)17/h2-7H,1H3,(H2,15,17). The van der Waals surface area contributed by atoms with Gasteiger partial charge in [-0.25, -0.2) is 0 Å². The number of nitrogens with zero attached hydrogens (tertiary/aromatic N) is 1. The summed E-state index contributed by atoms with van der Waals surface area (Å²) in [6.07, 6.45) is 1.73. The quantitative estimate of drug-likeness (QED) is 0.886. The van der Waals surface area contributed by atoms with Crippen LogP contribution in [0.5, 0.6) is 0 Å². The van der Waals surface area contributed by atoms with E-state index in [2.05, 4.69) is 4.98 Å². The predicted octanol–water partition coefficient (Wildman–Crippen LogP) is 2.81. The third-order valence-corrected chi connectivity index (χ3v) is 2.88. The van der Waals surface area contributed by atoms with Crippen LogP contribution >= 0.6 is 11.6 Å². The molecule has 0 radical (unpaired) electrons. The number of nitrogens with two attached hydrogens (primary N) is 1. The number of rotatable bonds is 2. The molecule has 0 bridgehead atoms. The molecule has 0 unspecified atom stereocenters. The van der Waals surface area contributed by atoms with Gasteiger partial charge in [-0.3, -0.25) is 9.78 Å². The highest BCUT2D eigenvalue weighted by Gasteiger charge is 2.09. The van der Waals surface area contributed by atoms with Gasteiger partial charge in [-0.2, -0.15) is 0 Å². The van der Waals surface area contributed by atoms with Crippen molar-refractivity contribution in [2.45, 2.75) is 6.92 Å². The van der Waals surface area contributed by atoms with Crippen LogP contribution in [0.3, 0.4) is 0 Å².